The summed E-state index contributed by atoms with van der Waals surface area (Å²) in [6, 6.07) is 19.2. The molecule has 2 aromatic carbocycles. The van der Waals surface area contributed by atoms with E-state index in [9.17, 15) is 14.4 Å². The minimum absolute atomic E-state index is 0. The average molecular weight is 515 g/mol. The van der Waals surface area contributed by atoms with Gasteiger partial charge in [-0.05, 0) is 24.0 Å². The van der Waals surface area contributed by atoms with Crippen LogP contribution in [0.3, 0.4) is 0 Å². The van der Waals surface area contributed by atoms with Gasteiger partial charge >= 0.3 is 0 Å². The summed E-state index contributed by atoms with van der Waals surface area (Å²) in [5, 5.41) is 5.82. The fraction of sp³-hybridized carbons (Fsp3) is 0.444. The molecule has 2 saturated heterocycles. The lowest BCUT2D eigenvalue weighted by molar-refractivity contribution is -0.134. The zero-order chi connectivity index (χ0) is 24.8. The van der Waals surface area contributed by atoms with Crippen molar-refractivity contribution in [3.05, 3.63) is 71.8 Å². The number of nitrogens with one attached hydrogen (secondary N) is 2. The van der Waals surface area contributed by atoms with Crippen LogP contribution in [-0.4, -0.2) is 79.0 Å². The largest absolute Gasteiger partial charge is 0.351 e. The normalized spacial score (nSPS) is 20.5. The van der Waals surface area contributed by atoms with E-state index < -0.39 is 24.2 Å². The Kier molecular flexibility index (Phi) is 9.87. The minimum atomic E-state index is -0.860. The van der Waals surface area contributed by atoms with Gasteiger partial charge in [0.15, 0.2) is 12.2 Å². The summed E-state index contributed by atoms with van der Waals surface area (Å²) in [7, 11) is 3.31. The molecule has 0 spiro atoms. The number of benzene rings is 2. The smallest absolute Gasteiger partial charge is 0.253 e. The second-order valence-electron chi connectivity index (χ2n) is 9.51. The fourth-order valence-corrected chi connectivity index (χ4v) is 4.49. The molecule has 2 aromatic rings. The van der Waals surface area contributed by atoms with Gasteiger partial charge in [-0.15, -0.1) is 12.4 Å². The Bertz CT molecular complexity index is 1010. The standard InChI is InChI=1S/C27H34N4O4.ClH/c1-30(2)27(34)22(17-19-9-5-3-6-10-19)29-26(33)24-23(35-24)25(32)28-21-13-15-31(16-14-21)18-20-11-7-4-8-12-20;/h3-12,21-24H,13-18H2,1-2H3,(H,28,32)(H,29,33);1H/t22-,23-,24-;/m0./s1. The lowest BCUT2D eigenvalue weighted by atomic mass is 10.0. The highest BCUT2D eigenvalue weighted by molar-refractivity contribution is 5.97. The number of epoxide rings is 1. The number of ether oxygens (including phenoxy) is 1. The molecule has 2 fully saturated rings. The molecule has 0 radical (unpaired) electrons. The average Bonchev–Trinajstić information content (AvgIpc) is 3.67. The Morgan fingerprint density at radius 1 is 0.917 bits per heavy atom. The number of piperidine rings is 1. The highest BCUT2D eigenvalue weighted by Gasteiger charge is 2.51. The first-order valence-corrected chi connectivity index (χ1v) is 12.2. The van der Waals surface area contributed by atoms with E-state index in [0.717, 1.165) is 38.0 Å². The molecular weight excluding hydrogens is 480 g/mol. The highest BCUT2D eigenvalue weighted by Crippen LogP contribution is 2.24. The molecule has 4 rings (SSSR count). The number of hydrogen-bond donors (Lipinski definition) is 2. The Morgan fingerprint density at radius 2 is 1.47 bits per heavy atom. The van der Waals surface area contributed by atoms with Crippen molar-refractivity contribution in [1.82, 2.24) is 20.4 Å². The van der Waals surface area contributed by atoms with Crippen LogP contribution in [0.5, 0.6) is 0 Å². The van der Waals surface area contributed by atoms with Crippen molar-refractivity contribution in [1.29, 1.82) is 0 Å². The van der Waals surface area contributed by atoms with Crippen molar-refractivity contribution in [2.75, 3.05) is 27.2 Å². The van der Waals surface area contributed by atoms with Crippen molar-refractivity contribution in [3.63, 3.8) is 0 Å². The van der Waals surface area contributed by atoms with Crippen molar-refractivity contribution in [3.8, 4) is 0 Å². The van der Waals surface area contributed by atoms with E-state index in [1.54, 1.807) is 14.1 Å². The number of carbonyl (C=O) groups is 3. The zero-order valence-electron chi connectivity index (χ0n) is 20.8. The summed E-state index contributed by atoms with van der Waals surface area (Å²) < 4.78 is 5.41. The number of hydrogen-bond acceptors (Lipinski definition) is 5. The summed E-state index contributed by atoms with van der Waals surface area (Å²) in [6.45, 7) is 2.72. The monoisotopic (exact) mass is 514 g/mol. The van der Waals surface area contributed by atoms with Gasteiger partial charge < -0.3 is 20.3 Å². The lowest BCUT2D eigenvalue weighted by Gasteiger charge is -2.32. The van der Waals surface area contributed by atoms with Gasteiger partial charge in [0.2, 0.25) is 5.91 Å². The Balaban J connectivity index is 0.00000361. The number of likely N-dealkylation sites (N-methyl/N-ethyl adjacent to an activating group) is 1. The first kappa shape index (κ1) is 27.6. The van der Waals surface area contributed by atoms with Crippen LogP contribution < -0.4 is 10.6 Å². The molecule has 2 heterocycles. The molecule has 0 aromatic heterocycles. The molecule has 0 bridgehead atoms. The molecule has 3 amide bonds. The quantitative estimate of drug-likeness (QED) is 0.497. The summed E-state index contributed by atoms with van der Waals surface area (Å²) in [4.78, 5) is 41.9. The third-order valence-corrected chi connectivity index (χ3v) is 6.53. The highest BCUT2D eigenvalue weighted by atomic mass is 35.5. The number of amides is 3. The molecule has 2 N–H and O–H groups in total. The van der Waals surface area contributed by atoms with Crippen LogP contribution in [0.1, 0.15) is 24.0 Å². The lowest BCUT2D eigenvalue weighted by Crippen LogP contribution is -2.50. The zero-order valence-corrected chi connectivity index (χ0v) is 21.6. The van der Waals surface area contributed by atoms with Gasteiger partial charge in [0.05, 0.1) is 0 Å². The van der Waals surface area contributed by atoms with Gasteiger partial charge in [-0.3, -0.25) is 19.3 Å². The maximum absolute atomic E-state index is 12.8. The van der Waals surface area contributed by atoms with Crippen molar-refractivity contribution in [2.24, 2.45) is 0 Å². The maximum atomic E-state index is 12.8. The molecule has 2 aliphatic rings. The molecule has 0 aliphatic carbocycles. The minimum Gasteiger partial charge on any atom is -0.351 e. The van der Waals surface area contributed by atoms with Gasteiger partial charge in [0.1, 0.15) is 6.04 Å². The maximum Gasteiger partial charge on any atom is 0.253 e. The summed E-state index contributed by atoms with van der Waals surface area (Å²) in [5.41, 5.74) is 2.23. The third kappa shape index (κ3) is 7.53. The summed E-state index contributed by atoms with van der Waals surface area (Å²) in [6.07, 6.45) is 0.428. The predicted octanol–water partition coefficient (Wildman–Crippen LogP) is 1.77. The SMILES string of the molecule is CN(C)C(=O)[C@H](Cc1ccccc1)NC(=O)[C@H]1O[C@@H]1C(=O)NC1CCN(Cc2ccccc2)CC1.Cl. The van der Waals surface area contributed by atoms with Crippen LogP contribution in [-0.2, 0) is 32.1 Å². The van der Waals surface area contributed by atoms with Gasteiger partial charge in [-0.25, -0.2) is 0 Å². The molecule has 36 heavy (non-hydrogen) atoms. The molecule has 9 heteroatoms. The fourth-order valence-electron chi connectivity index (χ4n) is 4.49. The Hall–Kier alpha value is -2.94. The molecule has 0 unspecified atom stereocenters. The van der Waals surface area contributed by atoms with E-state index in [4.69, 9.17) is 4.74 Å². The third-order valence-electron chi connectivity index (χ3n) is 6.53. The molecule has 8 nitrogen and oxygen atoms in total. The number of carbonyl (C=O) groups excluding carboxylic acids is 3. The van der Waals surface area contributed by atoms with Crippen LogP contribution in [0.15, 0.2) is 60.7 Å². The molecular formula is C27H35ClN4O4. The predicted molar refractivity (Wildman–Crippen MR) is 140 cm³/mol. The van der Waals surface area contributed by atoms with Gasteiger partial charge in [-0.2, -0.15) is 0 Å². The van der Waals surface area contributed by atoms with E-state index in [1.807, 2.05) is 48.5 Å². The van der Waals surface area contributed by atoms with Crippen LogP contribution in [0.4, 0.5) is 0 Å². The van der Waals surface area contributed by atoms with Crippen LogP contribution in [0.25, 0.3) is 0 Å². The van der Waals surface area contributed by atoms with E-state index in [0.29, 0.717) is 6.42 Å². The van der Waals surface area contributed by atoms with E-state index in [-0.39, 0.29) is 30.3 Å². The molecule has 2 aliphatic heterocycles. The molecule has 0 saturated carbocycles. The van der Waals surface area contributed by atoms with Crippen LogP contribution >= 0.6 is 12.4 Å². The van der Waals surface area contributed by atoms with Crippen LogP contribution in [0, 0.1) is 0 Å². The number of rotatable bonds is 9. The van der Waals surface area contributed by atoms with Crippen molar-refractivity contribution >= 4 is 30.1 Å². The number of nitrogens with zero attached hydrogens (tertiary/aromatic N) is 2. The van der Waals surface area contributed by atoms with E-state index in [1.165, 1.54) is 10.5 Å². The number of halogens is 1. The second kappa shape index (κ2) is 12.9. The van der Waals surface area contributed by atoms with E-state index >= 15 is 0 Å². The molecule has 3 atom stereocenters. The van der Waals surface area contributed by atoms with Crippen molar-refractivity contribution in [2.45, 2.75) is 50.1 Å². The van der Waals surface area contributed by atoms with E-state index in [2.05, 4.69) is 27.7 Å². The molecule has 194 valence electrons. The Morgan fingerprint density at radius 3 is 2.06 bits per heavy atom. The van der Waals surface area contributed by atoms with Gasteiger partial charge in [0, 0.05) is 46.2 Å². The number of likely N-dealkylation sites (tertiary alicyclic amines) is 1. The van der Waals surface area contributed by atoms with Gasteiger partial charge in [0.25, 0.3) is 11.8 Å². The van der Waals surface area contributed by atoms with Gasteiger partial charge in [-0.1, -0.05) is 60.7 Å². The van der Waals surface area contributed by atoms with Crippen molar-refractivity contribution < 1.29 is 19.1 Å². The topological polar surface area (TPSA) is 94.3 Å². The first-order valence-electron chi connectivity index (χ1n) is 12.2. The second-order valence-corrected chi connectivity index (χ2v) is 9.51. The first-order chi connectivity index (χ1) is 16.9. The summed E-state index contributed by atoms with van der Waals surface area (Å²) in [5.74, 6) is -0.893. The Labute approximate surface area is 218 Å². The summed E-state index contributed by atoms with van der Waals surface area (Å²) >= 11 is 0. The van der Waals surface area contributed by atoms with Crippen LogP contribution in [0.2, 0.25) is 0 Å².